The van der Waals surface area contributed by atoms with Gasteiger partial charge in [-0.2, -0.15) is 0 Å². The van der Waals surface area contributed by atoms with Gasteiger partial charge in [-0.1, -0.05) is 25.3 Å². The van der Waals surface area contributed by atoms with E-state index < -0.39 is 0 Å². The molecule has 1 atom stereocenters. The fourth-order valence-corrected chi connectivity index (χ4v) is 2.69. The van der Waals surface area contributed by atoms with Crippen molar-refractivity contribution in [3.05, 3.63) is 27.8 Å². The van der Waals surface area contributed by atoms with Gasteiger partial charge in [-0.15, -0.1) is 0 Å². The fourth-order valence-electron chi connectivity index (χ4n) is 2.15. The number of nitrogens with one attached hydrogen (secondary N) is 1. The normalized spacial score (nSPS) is 18.3. The van der Waals surface area contributed by atoms with Crippen LogP contribution < -0.4 is 5.32 Å². The first-order valence-electron chi connectivity index (χ1n) is 5.76. The molecule has 1 aromatic rings. The van der Waals surface area contributed by atoms with Crippen LogP contribution >= 0.6 is 22.6 Å². The van der Waals surface area contributed by atoms with Crippen LogP contribution in [0.25, 0.3) is 0 Å². The van der Waals surface area contributed by atoms with Crippen molar-refractivity contribution >= 4 is 28.3 Å². The molecule has 0 heterocycles. The standard InChI is InChI=1S/C13H18IN/c1-10(8-11-4-2-5-11)15-13-7-3-6-12(14)9-13/h3,6-7,9-11,15H,2,4-5,8H2,1H3. The highest BCUT2D eigenvalue weighted by molar-refractivity contribution is 14.1. The van der Waals surface area contributed by atoms with Gasteiger partial charge in [0.05, 0.1) is 0 Å². The highest BCUT2D eigenvalue weighted by Crippen LogP contribution is 2.31. The van der Waals surface area contributed by atoms with Gasteiger partial charge in [-0.25, -0.2) is 0 Å². The Bertz CT molecular complexity index is 320. The molecule has 0 aromatic heterocycles. The lowest BCUT2D eigenvalue weighted by atomic mass is 9.81. The lowest BCUT2D eigenvalue weighted by molar-refractivity contribution is 0.286. The Kier molecular flexibility index (Phi) is 3.89. The maximum atomic E-state index is 3.58. The van der Waals surface area contributed by atoms with Gasteiger partial charge < -0.3 is 5.32 Å². The summed E-state index contributed by atoms with van der Waals surface area (Å²) in [7, 11) is 0. The Balaban J connectivity index is 1.84. The van der Waals surface area contributed by atoms with Crippen molar-refractivity contribution in [2.24, 2.45) is 5.92 Å². The molecule has 1 nitrogen and oxygen atoms in total. The van der Waals surface area contributed by atoms with Crippen molar-refractivity contribution in [1.82, 2.24) is 0 Å². The van der Waals surface area contributed by atoms with Gasteiger partial charge in [-0.05, 0) is 60.1 Å². The summed E-state index contributed by atoms with van der Waals surface area (Å²) < 4.78 is 1.30. The van der Waals surface area contributed by atoms with E-state index in [2.05, 4.69) is 59.1 Å². The first kappa shape index (κ1) is 11.2. The van der Waals surface area contributed by atoms with E-state index >= 15 is 0 Å². The molecule has 82 valence electrons. The van der Waals surface area contributed by atoms with Crippen molar-refractivity contribution in [3.8, 4) is 0 Å². The van der Waals surface area contributed by atoms with Crippen molar-refractivity contribution in [2.75, 3.05) is 5.32 Å². The number of hydrogen-bond acceptors (Lipinski definition) is 1. The molecule has 1 fully saturated rings. The summed E-state index contributed by atoms with van der Waals surface area (Å²) in [5.74, 6) is 0.982. The first-order valence-corrected chi connectivity index (χ1v) is 6.84. The number of anilines is 1. The van der Waals surface area contributed by atoms with Crippen molar-refractivity contribution in [3.63, 3.8) is 0 Å². The largest absolute Gasteiger partial charge is 0.383 e. The zero-order chi connectivity index (χ0) is 10.7. The molecule has 0 amide bonds. The average Bonchev–Trinajstić information content (AvgIpc) is 2.11. The highest BCUT2D eigenvalue weighted by atomic mass is 127. The third-order valence-electron chi connectivity index (χ3n) is 3.15. The van der Waals surface area contributed by atoms with Crippen LogP contribution in [0.3, 0.4) is 0 Å². The van der Waals surface area contributed by atoms with Gasteiger partial charge in [0, 0.05) is 15.3 Å². The molecule has 1 unspecified atom stereocenters. The molecule has 1 N–H and O–H groups in total. The van der Waals surface area contributed by atoms with E-state index in [9.17, 15) is 0 Å². The van der Waals surface area contributed by atoms with E-state index in [1.807, 2.05) is 0 Å². The monoisotopic (exact) mass is 315 g/mol. The SMILES string of the molecule is CC(CC1CCC1)Nc1cccc(I)c1. The van der Waals surface area contributed by atoms with Crippen molar-refractivity contribution in [2.45, 2.75) is 38.6 Å². The van der Waals surface area contributed by atoms with Gasteiger partial charge in [-0.3, -0.25) is 0 Å². The molecule has 0 saturated heterocycles. The summed E-state index contributed by atoms with van der Waals surface area (Å²) in [6.07, 6.45) is 5.66. The Labute approximate surface area is 106 Å². The van der Waals surface area contributed by atoms with Crippen LogP contribution in [0.1, 0.15) is 32.6 Å². The smallest absolute Gasteiger partial charge is 0.0352 e. The number of hydrogen-bond donors (Lipinski definition) is 1. The van der Waals surface area contributed by atoms with Crippen LogP contribution in [0, 0.1) is 9.49 Å². The minimum atomic E-state index is 0.605. The maximum absolute atomic E-state index is 3.58. The quantitative estimate of drug-likeness (QED) is 0.818. The molecule has 0 bridgehead atoms. The molecular formula is C13H18IN. The predicted octanol–water partition coefficient (Wildman–Crippen LogP) is 4.28. The van der Waals surface area contributed by atoms with Crippen LogP contribution in [-0.4, -0.2) is 6.04 Å². The van der Waals surface area contributed by atoms with E-state index in [0.717, 1.165) is 5.92 Å². The number of benzene rings is 1. The van der Waals surface area contributed by atoms with Gasteiger partial charge in [0.15, 0.2) is 0 Å². The molecule has 1 aliphatic carbocycles. The van der Waals surface area contributed by atoms with Crippen LogP contribution in [0.15, 0.2) is 24.3 Å². The van der Waals surface area contributed by atoms with E-state index in [1.54, 1.807) is 0 Å². The Morgan fingerprint density at radius 1 is 1.47 bits per heavy atom. The van der Waals surface area contributed by atoms with E-state index in [1.165, 1.54) is 34.9 Å². The lowest BCUT2D eigenvalue weighted by Crippen LogP contribution is -2.23. The van der Waals surface area contributed by atoms with Crippen LogP contribution in [0.4, 0.5) is 5.69 Å². The van der Waals surface area contributed by atoms with Gasteiger partial charge >= 0.3 is 0 Å². The molecule has 2 rings (SSSR count). The van der Waals surface area contributed by atoms with E-state index in [0.29, 0.717) is 6.04 Å². The van der Waals surface area contributed by atoms with Crippen molar-refractivity contribution < 1.29 is 0 Å². The van der Waals surface area contributed by atoms with Crippen LogP contribution in [0.2, 0.25) is 0 Å². The van der Waals surface area contributed by atoms with Gasteiger partial charge in [0.1, 0.15) is 0 Å². The third-order valence-corrected chi connectivity index (χ3v) is 3.82. The topological polar surface area (TPSA) is 12.0 Å². The zero-order valence-electron chi connectivity index (χ0n) is 9.17. The van der Waals surface area contributed by atoms with Gasteiger partial charge in [0.2, 0.25) is 0 Å². The molecule has 15 heavy (non-hydrogen) atoms. The fraction of sp³-hybridized carbons (Fsp3) is 0.538. The number of halogens is 1. The summed E-state index contributed by atoms with van der Waals surface area (Å²) in [5, 5.41) is 3.58. The average molecular weight is 315 g/mol. The lowest BCUT2D eigenvalue weighted by Gasteiger charge is -2.28. The molecule has 1 saturated carbocycles. The minimum Gasteiger partial charge on any atom is -0.383 e. The van der Waals surface area contributed by atoms with E-state index in [4.69, 9.17) is 0 Å². The summed E-state index contributed by atoms with van der Waals surface area (Å²) in [4.78, 5) is 0. The molecule has 0 radical (unpaired) electrons. The molecule has 1 aliphatic rings. The second-order valence-corrected chi connectivity index (χ2v) is 5.83. The Morgan fingerprint density at radius 2 is 2.27 bits per heavy atom. The molecule has 0 aliphatic heterocycles. The summed E-state index contributed by atoms with van der Waals surface area (Å²) in [6.45, 7) is 2.29. The second-order valence-electron chi connectivity index (χ2n) is 4.59. The number of rotatable bonds is 4. The first-order chi connectivity index (χ1) is 7.24. The maximum Gasteiger partial charge on any atom is 0.0352 e. The van der Waals surface area contributed by atoms with Crippen molar-refractivity contribution in [1.29, 1.82) is 0 Å². The summed E-state index contributed by atoms with van der Waals surface area (Å²) in [5.41, 5.74) is 1.26. The van der Waals surface area contributed by atoms with E-state index in [-0.39, 0.29) is 0 Å². The Hall–Kier alpha value is -0.250. The third kappa shape index (κ3) is 3.37. The molecule has 0 spiro atoms. The highest BCUT2D eigenvalue weighted by Gasteiger charge is 2.19. The predicted molar refractivity (Wildman–Crippen MR) is 74.2 cm³/mol. The van der Waals surface area contributed by atoms with Crippen LogP contribution in [0.5, 0.6) is 0 Å². The zero-order valence-corrected chi connectivity index (χ0v) is 11.3. The molecule has 1 aromatic carbocycles. The van der Waals surface area contributed by atoms with Crippen LogP contribution in [-0.2, 0) is 0 Å². The summed E-state index contributed by atoms with van der Waals surface area (Å²) >= 11 is 2.36. The molecular weight excluding hydrogens is 297 g/mol. The second kappa shape index (κ2) is 5.19. The molecule has 2 heteroatoms. The minimum absolute atomic E-state index is 0.605. The Morgan fingerprint density at radius 3 is 2.87 bits per heavy atom. The van der Waals surface area contributed by atoms with Gasteiger partial charge in [0.25, 0.3) is 0 Å². The summed E-state index contributed by atoms with van der Waals surface area (Å²) in [6, 6.07) is 9.20.